The molecule has 0 saturated heterocycles. The second-order valence-electron chi connectivity index (χ2n) is 8.19. The molecule has 0 aliphatic carbocycles. The molecule has 0 fully saturated rings. The fourth-order valence-electron chi connectivity index (χ4n) is 3.52. The number of halogens is 4. The highest BCUT2D eigenvalue weighted by Gasteiger charge is 2.30. The lowest BCUT2D eigenvalue weighted by Crippen LogP contribution is -2.39. The molecule has 0 aliphatic heterocycles. The summed E-state index contributed by atoms with van der Waals surface area (Å²) in [7, 11) is -0.911. The highest BCUT2D eigenvalue weighted by Crippen LogP contribution is 2.31. The second kappa shape index (κ2) is 9.96. The molecular weight excluding hydrogens is 513 g/mol. The summed E-state index contributed by atoms with van der Waals surface area (Å²) in [6.07, 6.45) is -1.18. The molecule has 0 bridgehead atoms. The third-order valence-corrected chi connectivity index (χ3v) is 7.56. The van der Waals surface area contributed by atoms with Gasteiger partial charge >= 0.3 is 16.4 Å². The summed E-state index contributed by atoms with van der Waals surface area (Å²) >= 11 is 5.97. The van der Waals surface area contributed by atoms with Crippen molar-refractivity contribution in [2.24, 2.45) is 0 Å². The molecule has 0 aliphatic rings. The maximum absolute atomic E-state index is 13.2. The van der Waals surface area contributed by atoms with Gasteiger partial charge in [0.1, 0.15) is 0 Å². The molecule has 0 radical (unpaired) electrons. The van der Waals surface area contributed by atoms with Crippen LogP contribution in [-0.4, -0.2) is 36.6 Å². The van der Waals surface area contributed by atoms with Crippen molar-refractivity contribution in [2.75, 3.05) is 18.4 Å². The summed E-state index contributed by atoms with van der Waals surface area (Å²) in [6, 6.07) is 18.6. The van der Waals surface area contributed by atoms with E-state index in [9.17, 15) is 21.6 Å². The molecule has 3 aromatic carbocycles. The van der Waals surface area contributed by atoms with E-state index in [0.717, 1.165) is 22.0 Å². The number of alkyl halides is 3. The van der Waals surface area contributed by atoms with Crippen LogP contribution in [0, 0.1) is 0 Å². The van der Waals surface area contributed by atoms with Crippen LogP contribution in [0.25, 0.3) is 16.8 Å². The summed E-state index contributed by atoms with van der Waals surface area (Å²) in [6.45, 7) is 0.0892. The molecular formula is C25H22ClF3N4O2S. The summed E-state index contributed by atoms with van der Waals surface area (Å²) in [5.41, 5.74) is 2.29. The van der Waals surface area contributed by atoms with E-state index < -0.39 is 21.9 Å². The van der Waals surface area contributed by atoms with Gasteiger partial charge in [0, 0.05) is 30.9 Å². The molecule has 188 valence electrons. The van der Waals surface area contributed by atoms with Crippen LogP contribution >= 0.6 is 11.6 Å². The summed E-state index contributed by atoms with van der Waals surface area (Å²) in [5.74, 6) is 0. The predicted molar refractivity (Wildman–Crippen MR) is 134 cm³/mol. The molecule has 0 atom stereocenters. The van der Waals surface area contributed by atoms with Crippen LogP contribution in [0.15, 0.2) is 85.2 Å². The Bertz CT molecular complexity index is 1450. The quantitative estimate of drug-likeness (QED) is 0.291. The van der Waals surface area contributed by atoms with Crippen LogP contribution in [0.1, 0.15) is 11.1 Å². The van der Waals surface area contributed by atoms with Gasteiger partial charge in [0.2, 0.25) is 0 Å². The second-order valence-corrected chi connectivity index (χ2v) is 10.7. The zero-order valence-corrected chi connectivity index (χ0v) is 20.9. The predicted octanol–water partition coefficient (Wildman–Crippen LogP) is 6.02. The van der Waals surface area contributed by atoms with Crippen LogP contribution in [0.3, 0.4) is 0 Å². The summed E-state index contributed by atoms with van der Waals surface area (Å²) in [4.78, 5) is 0. The Hall–Kier alpha value is -3.34. The minimum Gasteiger partial charge on any atom is -0.253 e. The van der Waals surface area contributed by atoms with E-state index in [2.05, 4.69) is 5.10 Å². The third-order valence-electron chi connectivity index (χ3n) is 5.49. The minimum atomic E-state index is -4.42. The molecule has 36 heavy (non-hydrogen) atoms. The maximum atomic E-state index is 13.2. The monoisotopic (exact) mass is 534 g/mol. The number of anilines is 1. The summed E-state index contributed by atoms with van der Waals surface area (Å²) < 4.78 is 68.8. The zero-order valence-electron chi connectivity index (χ0n) is 19.3. The Morgan fingerprint density at radius 3 is 2.22 bits per heavy atom. The van der Waals surface area contributed by atoms with Gasteiger partial charge in [-0.15, -0.1) is 0 Å². The zero-order chi connectivity index (χ0) is 26.1. The van der Waals surface area contributed by atoms with Crippen molar-refractivity contribution in [3.05, 3.63) is 101 Å². The highest BCUT2D eigenvalue weighted by atomic mass is 35.5. The smallest absolute Gasteiger partial charge is 0.253 e. The molecule has 0 amide bonds. The van der Waals surface area contributed by atoms with Gasteiger partial charge in [-0.05, 0) is 59.7 Å². The first-order valence-electron chi connectivity index (χ1n) is 10.7. The van der Waals surface area contributed by atoms with E-state index in [-0.39, 0.29) is 6.54 Å². The fourth-order valence-corrected chi connectivity index (χ4v) is 4.73. The fraction of sp³-hybridized carbons (Fsp3) is 0.160. The Balaban J connectivity index is 1.67. The number of aromatic nitrogens is 2. The molecule has 0 unspecified atom stereocenters. The van der Waals surface area contributed by atoms with Gasteiger partial charge in [0.15, 0.2) is 0 Å². The van der Waals surface area contributed by atoms with Crippen LogP contribution in [0.4, 0.5) is 18.9 Å². The molecule has 1 aromatic heterocycles. The van der Waals surface area contributed by atoms with E-state index >= 15 is 0 Å². The van der Waals surface area contributed by atoms with Gasteiger partial charge in [-0.25, -0.2) is 4.68 Å². The average Bonchev–Trinajstić information content (AvgIpc) is 3.33. The van der Waals surface area contributed by atoms with Crippen molar-refractivity contribution >= 4 is 27.5 Å². The minimum absolute atomic E-state index is 0.0892. The lowest BCUT2D eigenvalue weighted by atomic mass is 10.1. The Labute approximate surface area is 212 Å². The molecule has 4 rings (SSSR count). The molecule has 0 spiro atoms. The third kappa shape index (κ3) is 5.56. The van der Waals surface area contributed by atoms with Crippen molar-refractivity contribution in [1.82, 2.24) is 14.1 Å². The van der Waals surface area contributed by atoms with E-state index in [1.807, 2.05) is 0 Å². The van der Waals surface area contributed by atoms with Gasteiger partial charge in [-0.2, -0.15) is 31.0 Å². The van der Waals surface area contributed by atoms with Gasteiger partial charge < -0.3 is 0 Å². The van der Waals surface area contributed by atoms with Crippen molar-refractivity contribution in [3.63, 3.8) is 0 Å². The van der Waals surface area contributed by atoms with Crippen molar-refractivity contribution in [2.45, 2.75) is 12.7 Å². The van der Waals surface area contributed by atoms with Crippen LogP contribution in [0.2, 0.25) is 5.02 Å². The number of benzene rings is 3. The van der Waals surface area contributed by atoms with E-state index in [1.165, 1.54) is 35.2 Å². The Morgan fingerprint density at radius 1 is 0.944 bits per heavy atom. The van der Waals surface area contributed by atoms with Crippen LogP contribution < -0.4 is 4.31 Å². The topological polar surface area (TPSA) is 58.4 Å². The van der Waals surface area contributed by atoms with Crippen LogP contribution in [-0.2, 0) is 22.9 Å². The standard InChI is InChI=1S/C25H22ClF3N4O2S/c1-31(2)36(34,35)33(16-18-6-10-22(26)11-7-18)24-5-3-4-19(14-24)20-15-30-32(17-20)23-12-8-21(9-13-23)25(27,28)29/h3-15,17H,16H2,1-2H3. The van der Waals surface area contributed by atoms with Gasteiger partial charge in [0.05, 0.1) is 29.7 Å². The van der Waals surface area contributed by atoms with E-state index in [0.29, 0.717) is 27.5 Å². The molecule has 0 N–H and O–H groups in total. The largest absolute Gasteiger partial charge is 0.416 e. The first-order valence-corrected chi connectivity index (χ1v) is 12.5. The Kier molecular flexibility index (Phi) is 7.12. The normalized spacial score (nSPS) is 12.2. The molecule has 0 saturated carbocycles. The molecule has 6 nitrogen and oxygen atoms in total. The van der Waals surface area contributed by atoms with E-state index in [1.54, 1.807) is 60.9 Å². The van der Waals surface area contributed by atoms with Crippen molar-refractivity contribution in [3.8, 4) is 16.8 Å². The Morgan fingerprint density at radius 2 is 1.61 bits per heavy atom. The van der Waals surface area contributed by atoms with E-state index in [4.69, 9.17) is 11.6 Å². The number of nitrogens with zero attached hydrogens (tertiary/aromatic N) is 4. The van der Waals surface area contributed by atoms with Gasteiger partial charge in [-0.3, -0.25) is 4.31 Å². The SMILES string of the molecule is CN(C)S(=O)(=O)N(Cc1ccc(Cl)cc1)c1cccc(-c2cnn(-c3ccc(C(F)(F)F)cc3)c2)c1. The average molecular weight is 535 g/mol. The molecule has 4 aromatic rings. The number of hydrogen-bond donors (Lipinski definition) is 0. The molecule has 11 heteroatoms. The maximum Gasteiger partial charge on any atom is 0.416 e. The van der Waals surface area contributed by atoms with Crippen molar-refractivity contribution in [1.29, 1.82) is 0 Å². The first kappa shape index (κ1) is 25.7. The number of hydrogen-bond acceptors (Lipinski definition) is 3. The highest BCUT2D eigenvalue weighted by molar-refractivity contribution is 7.90. The summed E-state index contributed by atoms with van der Waals surface area (Å²) in [5, 5.41) is 4.81. The van der Waals surface area contributed by atoms with Crippen LogP contribution in [0.5, 0.6) is 0 Å². The van der Waals surface area contributed by atoms with Crippen molar-refractivity contribution < 1.29 is 21.6 Å². The lowest BCUT2D eigenvalue weighted by Gasteiger charge is -2.28. The lowest BCUT2D eigenvalue weighted by molar-refractivity contribution is -0.137. The van der Waals surface area contributed by atoms with Gasteiger partial charge in [0.25, 0.3) is 0 Å². The first-order chi connectivity index (χ1) is 16.9. The number of rotatable bonds is 7. The molecule has 1 heterocycles. The van der Waals surface area contributed by atoms with Gasteiger partial charge in [-0.1, -0.05) is 35.9 Å².